The molecule has 0 aromatic heterocycles. The second-order valence-electron chi connectivity index (χ2n) is 4.93. The zero-order valence-electron chi connectivity index (χ0n) is 11.2. The summed E-state index contributed by atoms with van der Waals surface area (Å²) in [7, 11) is 1.95. The number of hydrogen-bond acceptors (Lipinski definition) is 3. The molecule has 4 nitrogen and oxygen atoms in total. The van der Waals surface area contributed by atoms with Crippen LogP contribution in [0.25, 0.3) is 0 Å². The van der Waals surface area contributed by atoms with E-state index in [0.717, 1.165) is 31.6 Å². The number of carbonyl (C=O) groups is 1. The van der Waals surface area contributed by atoms with E-state index in [1.807, 2.05) is 19.2 Å². The number of piperidine rings is 1. The third kappa shape index (κ3) is 3.19. The molecule has 0 spiro atoms. The molecule has 1 heterocycles. The average Bonchev–Trinajstić information content (AvgIpc) is 2.40. The highest BCUT2D eigenvalue weighted by atomic mass is 35.5. The van der Waals surface area contributed by atoms with Crippen LogP contribution in [0.2, 0.25) is 5.02 Å². The fourth-order valence-corrected chi connectivity index (χ4v) is 2.89. The Morgan fingerprint density at radius 1 is 1.53 bits per heavy atom. The Kier molecular flexibility index (Phi) is 4.66. The molecule has 2 rings (SSSR count). The fraction of sp³-hybridized carbons (Fsp3) is 0.500. The van der Waals surface area contributed by atoms with Crippen molar-refractivity contribution in [2.45, 2.75) is 25.3 Å². The minimum Gasteiger partial charge on any atom is -0.367 e. The molecule has 1 fully saturated rings. The number of hydrogen-bond donors (Lipinski definition) is 2. The lowest BCUT2D eigenvalue weighted by Crippen LogP contribution is -2.45. The SMILES string of the molecule is CNCC1CCCCN1c1ccc(Cl)cc1C(N)=O. The van der Waals surface area contributed by atoms with Crippen LogP contribution in [-0.2, 0) is 0 Å². The number of halogens is 1. The van der Waals surface area contributed by atoms with E-state index < -0.39 is 5.91 Å². The van der Waals surface area contributed by atoms with E-state index in [1.165, 1.54) is 6.42 Å². The monoisotopic (exact) mass is 281 g/mol. The predicted octanol–water partition coefficient (Wildman–Crippen LogP) is 2.02. The van der Waals surface area contributed by atoms with Gasteiger partial charge in [-0.15, -0.1) is 0 Å². The first-order valence-electron chi connectivity index (χ1n) is 6.64. The molecule has 1 aliphatic heterocycles. The third-order valence-corrected chi connectivity index (χ3v) is 3.84. The standard InChI is InChI=1S/C14H20ClN3O/c1-17-9-11-4-2-3-7-18(11)13-6-5-10(15)8-12(13)14(16)19/h5-6,8,11,17H,2-4,7,9H2,1H3,(H2,16,19). The third-order valence-electron chi connectivity index (χ3n) is 3.60. The molecule has 0 saturated carbocycles. The number of benzene rings is 1. The Morgan fingerprint density at radius 3 is 3.00 bits per heavy atom. The average molecular weight is 282 g/mol. The molecule has 0 radical (unpaired) electrons. The van der Waals surface area contributed by atoms with Gasteiger partial charge in [-0.1, -0.05) is 11.6 Å². The number of primary amides is 1. The summed E-state index contributed by atoms with van der Waals surface area (Å²) in [4.78, 5) is 13.9. The van der Waals surface area contributed by atoms with Gasteiger partial charge in [-0.25, -0.2) is 0 Å². The normalized spacial score (nSPS) is 19.5. The molecule has 19 heavy (non-hydrogen) atoms. The number of amides is 1. The molecular formula is C14H20ClN3O. The Labute approximate surface area is 118 Å². The van der Waals surface area contributed by atoms with E-state index in [9.17, 15) is 4.79 Å². The van der Waals surface area contributed by atoms with Gasteiger partial charge in [-0.3, -0.25) is 4.79 Å². The molecular weight excluding hydrogens is 262 g/mol. The molecule has 1 aromatic rings. The van der Waals surface area contributed by atoms with E-state index in [1.54, 1.807) is 6.07 Å². The molecule has 1 amide bonds. The minimum atomic E-state index is -0.425. The van der Waals surface area contributed by atoms with Gasteiger partial charge in [-0.05, 0) is 44.5 Å². The van der Waals surface area contributed by atoms with Crippen molar-refractivity contribution in [1.82, 2.24) is 5.32 Å². The number of rotatable bonds is 4. The van der Waals surface area contributed by atoms with Crippen LogP contribution < -0.4 is 16.0 Å². The molecule has 1 aliphatic rings. The summed E-state index contributed by atoms with van der Waals surface area (Å²) in [6.45, 7) is 1.86. The van der Waals surface area contributed by atoms with Gasteiger partial charge in [0.2, 0.25) is 0 Å². The van der Waals surface area contributed by atoms with Crippen LogP contribution in [0.5, 0.6) is 0 Å². The molecule has 1 unspecified atom stereocenters. The second-order valence-corrected chi connectivity index (χ2v) is 5.36. The summed E-state index contributed by atoms with van der Waals surface area (Å²) in [5, 5.41) is 3.75. The van der Waals surface area contributed by atoms with Gasteiger partial charge in [0.05, 0.1) is 5.56 Å². The van der Waals surface area contributed by atoms with Crippen LogP contribution in [0.4, 0.5) is 5.69 Å². The van der Waals surface area contributed by atoms with Crippen molar-refractivity contribution in [2.24, 2.45) is 5.73 Å². The van der Waals surface area contributed by atoms with E-state index >= 15 is 0 Å². The summed E-state index contributed by atoms with van der Waals surface area (Å²) < 4.78 is 0. The first kappa shape index (κ1) is 14.2. The quantitative estimate of drug-likeness (QED) is 0.888. The van der Waals surface area contributed by atoms with Gasteiger partial charge >= 0.3 is 0 Å². The summed E-state index contributed by atoms with van der Waals surface area (Å²) >= 11 is 5.96. The predicted molar refractivity (Wildman–Crippen MR) is 78.9 cm³/mol. The van der Waals surface area contributed by atoms with Crippen LogP contribution in [-0.4, -0.2) is 32.1 Å². The highest BCUT2D eigenvalue weighted by molar-refractivity contribution is 6.31. The van der Waals surface area contributed by atoms with Crippen LogP contribution in [0, 0.1) is 0 Å². The number of nitrogens with zero attached hydrogens (tertiary/aromatic N) is 1. The first-order valence-corrected chi connectivity index (χ1v) is 7.02. The van der Waals surface area contributed by atoms with E-state index in [4.69, 9.17) is 17.3 Å². The number of anilines is 1. The highest BCUT2D eigenvalue weighted by Crippen LogP contribution is 2.29. The number of carbonyl (C=O) groups excluding carboxylic acids is 1. The highest BCUT2D eigenvalue weighted by Gasteiger charge is 2.25. The fourth-order valence-electron chi connectivity index (χ4n) is 2.72. The molecule has 0 aliphatic carbocycles. The van der Waals surface area contributed by atoms with Crippen molar-refractivity contribution in [3.05, 3.63) is 28.8 Å². The lowest BCUT2D eigenvalue weighted by Gasteiger charge is -2.38. The van der Waals surface area contributed by atoms with Gasteiger partial charge in [0.25, 0.3) is 5.91 Å². The van der Waals surface area contributed by atoms with E-state index in [0.29, 0.717) is 16.6 Å². The number of nitrogens with one attached hydrogen (secondary N) is 1. The zero-order valence-corrected chi connectivity index (χ0v) is 11.9. The molecule has 1 atom stereocenters. The van der Waals surface area contributed by atoms with Crippen LogP contribution in [0.15, 0.2) is 18.2 Å². The zero-order chi connectivity index (χ0) is 13.8. The number of likely N-dealkylation sites (N-methyl/N-ethyl adjacent to an activating group) is 1. The largest absolute Gasteiger partial charge is 0.367 e. The van der Waals surface area contributed by atoms with Gasteiger partial charge in [0, 0.05) is 29.8 Å². The van der Waals surface area contributed by atoms with Crippen molar-refractivity contribution in [2.75, 3.05) is 25.0 Å². The Balaban J connectivity index is 2.35. The topological polar surface area (TPSA) is 58.4 Å². The first-order chi connectivity index (χ1) is 9.13. The van der Waals surface area contributed by atoms with Gasteiger partial charge < -0.3 is 16.0 Å². The summed E-state index contributed by atoms with van der Waals surface area (Å²) in [5.74, 6) is -0.425. The lowest BCUT2D eigenvalue weighted by atomic mass is 9.99. The van der Waals surface area contributed by atoms with E-state index in [2.05, 4.69) is 10.2 Å². The van der Waals surface area contributed by atoms with Crippen molar-refractivity contribution >= 4 is 23.2 Å². The molecule has 5 heteroatoms. The Morgan fingerprint density at radius 2 is 2.32 bits per heavy atom. The Hall–Kier alpha value is -1.26. The summed E-state index contributed by atoms with van der Waals surface area (Å²) in [5.41, 5.74) is 6.88. The van der Waals surface area contributed by atoms with Crippen LogP contribution in [0.1, 0.15) is 29.6 Å². The van der Waals surface area contributed by atoms with Crippen molar-refractivity contribution < 1.29 is 4.79 Å². The van der Waals surface area contributed by atoms with Gasteiger partial charge in [-0.2, -0.15) is 0 Å². The van der Waals surface area contributed by atoms with Crippen LogP contribution >= 0.6 is 11.6 Å². The number of nitrogens with two attached hydrogens (primary N) is 1. The molecule has 104 valence electrons. The Bertz CT molecular complexity index is 462. The van der Waals surface area contributed by atoms with Crippen molar-refractivity contribution in [3.8, 4) is 0 Å². The maximum atomic E-state index is 11.6. The van der Waals surface area contributed by atoms with Gasteiger partial charge in [0.1, 0.15) is 0 Å². The van der Waals surface area contributed by atoms with Gasteiger partial charge in [0.15, 0.2) is 0 Å². The maximum absolute atomic E-state index is 11.6. The lowest BCUT2D eigenvalue weighted by molar-refractivity contribution is 0.100. The maximum Gasteiger partial charge on any atom is 0.250 e. The molecule has 1 aromatic carbocycles. The van der Waals surface area contributed by atoms with Crippen LogP contribution in [0.3, 0.4) is 0 Å². The van der Waals surface area contributed by atoms with Crippen molar-refractivity contribution in [1.29, 1.82) is 0 Å². The molecule has 0 bridgehead atoms. The summed E-state index contributed by atoms with van der Waals surface area (Å²) in [6, 6.07) is 5.77. The minimum absolute atomic E-state index is 0.401. The molecule has 1 saturated heterocycles. The van der Waals surface area contributed by atoms with E-state index in [-0.39, 0.29) is 0 Å². The van der Waals surface area contributed by atoms with Crippen molar-refractivity contribution in [3.63, 3.8) is 0 Å². The molecule has 3 N–H and O–H groups in total. The second kappa shape index (κ2) is 6.26. The smallest absolute Gasteiger partial charge is 0.250 e. The summed E-state index contributed by atoms with van der Waals surface area (Å²) in [6.07, 6.45) is 3.49.